The van der Waals surface area contributed by atoms with Gasteiger partial charge in [-0.3, -0.25) is 0 Å². The number of halogens is 1. The summed E-state index contributed by atoms with van der Waals surface area (Å²) in [6, 6.07) is 1.55. The van der Waals surface area contributed by atoms with Gasteiger partial charge in [-0.05, 0) is 18.9 Å². The molecule has 0 unspecified atom stereocenters. The van der Waals surface area contributed by atoms with E-state index in [4.69, 9.17) is 11.6 Å². The van der Waals surface area contributed by atoms with Crippen LogP contribution in [0.2, 0.25) is 5.02 Å². The molecule has 6 nitrogen and oxygen atoms in total. The van der Waals surface area contributed by atoms with Crippen molar-refractivity contribution in [2.45, 2.75) is 42.6 Å². The van der Waals surface area contributed by atoms with Gasteiger partial charge in [-0.15, -0.1) is 0 Å². The van der Waals surface area contributed by atoms with Crippen LogP contribution < -0.4 is 4.72 Å². The average Bonchev–Trinajstić information content (AvgIpc) is 2.93. The van der Waals surface area contributed by atoms with Gasteiger partial charge in [-0.25, -0.2) is 18.1 Å². The SMILES string of the molecule is O=S(=O)(NCC1(O)CCCCC1)c1c[nH]c2nccc(Cl)c12. The summed E-state index contributed by atoms with van der Waals surface area (Å²) >= 11 is 6.08. The van der Waals surface area contributed by atoms with Crippen LogP contribution in [0.5, 0.6) is 0 Å². The average molecular weight is 344 g/mol. The molecule has 2 aromatic heterocycles. The van der Waals surface area contributed by atoms with Gasteiger partial charge in [0.15, 0.2) is 0 Å². The minimum Gasteiger partial charge on any atom is -0.389 e. The first-order valence-electron chi connectivity index (χ1n) is 7.25. The first-order valence-corrected chi connectivity index (χ1v) is 9.11. The summed E-state index contributed by atoms with van der Waals surface area (Å²) in [4.78, 5) is 6.92. The molecular weight excluding hydrogens is 326 g/mol. The summed E-state index contributed by atoms with van der Waals surface area (Å²) in [6.07, 6.45) is 7.03. The summed E-state index contributed by atoms with van der Waals surface area (Å²) in [5.74, 6) is 0. The molecule has 22 heavy (non-hydrogen) atoms. The third-order valence-corrected chi connectivity index (χ3v) is 5.89. The van der Waals surface area contributed by atoms with Crippen LogP contribution in [-0.2, 0) is 10.0 Å². The third kappa shape index (κ3) is 2.99. The molecule has 1 aliphatic rings. The lowest BCUT2D eigenvalue weighted by atomic mass is 9.85. The second kappa shape index (κ2) is 5.81. The molecule has 3 N–H and O–H groups in total. The molecule has 0 aliphatic heterocycles. The normalized spacial score (nSPS) is 18.6. The summed E-state index contributed by atoms with van der Waals surface area (Å²) < 4.78 is 27.5. The molecule has 0 atom stereocenters. The summed E-state index contributed by atoms with van der Waals surface area (Å²) in [5, 5.41) is 11.1. The van der Waals surface area contributed by atoms with Crippen LogP contribution in [0.3, 0.4) is 0 Å². The van der Waals surface area contributed by atoms with Crippen molar-refractivity contribution in [2.24, 2.45) is 0 Å². The predicted molar refractivity (Wildman–Crippen MR) is 84.3 cm³/mol. The van der Waals surface area contributed by atoms with E-state index in [0.29, 0.717) is 28.9 Å². The Morgan fingerprint density at radius 2 is 2.09 bits per heavy atom. The highest BCUT2D eigenvalue weighted by atomic mass is 35.5. The van der Waals surface area contributed by atoms with Crippen molar-refractivity contribution < 1.29 is 13.5 Å². The van der Waals surface area contributed by atoms with E-state index >= 15 is 0 Å². The molecule has 0 aromatic carbocycles. The zero-order valence-electron chi connectivity index (χ0n) is 12.0. The molecular formula is C14H18ClN3O3S. The molecule has 120 valence electrons. The Balaban J connectivity index is 1.86. The summed E-state index contributed by atoms with van der Waals surface area (Å²) in [5.41, 5.74) is -0.538. The number of fused-ring (bicyclic) bond motifs is 1. The molecule has 3 rings (SSSR count). The number of H-pyrrole nitrogens is 1. The Kier molecular flexibility index (Phi) is 4.15. The van der Waals surface area contributed by atoms with Gasteiger partial charge < -0.3 is 10.1 Å². The maximum atomic E-state index is 12.5. The number of aliphatic hydroxyl groups is 1. The quantitative estimate of drug-likeness (QED) is 0.793. The van der Waals surface area contributed by atoms with E-state index < -0.39 is 15.6 Å². The Hall–Kier alpha value is -1.15. The predicted octanol–water partition coefficient (Wildman–Crippen LogP) is 2.19. The minimum absolute atomic E-state index is 0.0138. The van der Waals surface area contributed by atoms with Crippen molar-refractivity contribution in [3.63, 3.8) is 0 Å². The fraction of sp³-hybridized carbons (Fsp3) is 0.500. The van der Waals surface area contributed by atoms with E-state index in [9.17, 15) is 13.5 Å². The van der Waals surface area contributed by atoms with Crippen LogP contribution in [0.4, 0.5) is 0 Å². The van der Waals surface area contributed by atoms with Gasteiger partial charge in [0.25, 0.3) is 0 Å². The molecule has 0 saturated heterocycles. The van der Waals surface area contributed by atoms with E-state index in [-0.39, 0.29) is 11.4 Å². The van der Waals surface area contributed by atoms with E-state index in [2.05, 4.69) is 14.7 Å². The maximum Gasteiger partial charge on any atom is 0.242 e. The second-order valence-corrected chi connectivity index (χ2v) is 7.92. The van der Waals surface area contributed by atoms with Gasteiger partial charge in [0, 0.05) is 18.9 Å². The number of nitrogens with one attached hydrogen (secondary N) is 2. The second-order valence-electron chi connectivity index (χ2n) is 5.78. The Bertz CT molecular complexity index is 782. The van der Waals surface area contributed by atoms with Crippen molar-refractivity contribution in [1.29, 1.82) is 0 Å². The van der Waals surface area contributed by atoms with Gasteiger partial charge >= 0.3 is 0 Å². The molecule has 1 fully saturated rings. The summed E-state index contributed by atoms with van der Waals surface area (Å²) in [6.45, 7) is 0.0138. The van der Waals surface area contributed by atoms with Crippen molar-refractivity contribution in [3.8, 4) is 0 Å². The highest BCUT2D eigenvalue weighted by Gasteiger charge is 2.31. The van der Waals surface area contributed by atoms with Crippen LogP contribution in [-0.4, -0.2) is 35.6 Å². The van der Waals surface area contributed by atoms with Gasteiger partial charge in [0.2, 0.25) is 10.0 Å². The topological polar surface area (TPSA) is 95.1 Å². The molecule has 0 bridgehead atoms. The molecule has 1 saturated carbocycles. The number of aromatic amines is 1. The highest BCUT2D eigenvalue weighted by molar-refractivity contribution is 7.89. The number of hydrogen-bond acceptors (Lipinski definition) is 4. The fourth-order valence-corrected chi connectivity index (χ4v) is 4.50. The van der Waals surface area contributed by atoms with Crippen molar-refractivity contribution >= 4 is 32.7 Å². The molecule has 0 radical (unpaired) electrons. The molecule has 0 amide bonds. The number of rotatable bonds is 4. The molecule has 0 spiro atoms. The largest absolute Gasteiger partial charge is 0.389 e. The lowest BCUT2D eigenvalue weighted by Gasteiger charge is -2.31. The van der Waals surface area contributed by atoms with Gasteiger partial charge in [-0.1, -0.05) is 30.9 Å². The van der Waals surface area contributed by atoms with Gasteiger partial charge in [0.05, 0.1) is 16.0 Å². The lowest BCUT2D eigenvalue weighted by Crippen LogP contribution is -2.44. The highest BCUT2D eigenvalue weighted by Crippen LogP contribution is 2.30. The number of hydrogen-bond donors (Lipinski definition) is 3. The monoisotopic (exact) mass is 343 g/mol. The van der Waals surface area contributed by atoms with Crippen molar-refractivity contribution in [1.82, 2.24) is 14.7 Å². The number of nitrogens with zero attached hydrogens (tertiary/aromatic N) is 1. The third-order valence-electron chi connectivity index (χ3n) is 4.15. The van der Waals surface area contributed by atoms with Gasteiger partial charge in [-0.2, -0.15) is 0 Å². The first kappa shape index (κ1) is 15.7. The fourth-order valence-electron chi connectivity index (χ4n) is 2.89. The van der Waals surface area contributed by atoms with E-state index in [0.717, 1.165) is 19.3 Å². The maximum absolute atomic E-state index is 12.5. The van der Waals surface area contributed by atoms with E-state index in [1.54, 1.807) is 6.07 Å². The van der Waals surface area contributed by atoms with Crippen LogP contribution in [0, 0.1) is 0 Å². The molecule has 8 heteroatoms. The molecule has 2 heterocycles. The molecule has 1 aliphatic carbocycles. The number of aromatic nitrogens is 2. The smallest absolute Gasteiger partial charge is 0.242 e. The zero-order chi connectivity index (χ0) is 15.8. The van der Waals surface area contributed by atoms with Crippen LogP contribution >= 0.6 is 11.6 Å². The molecule has 2 aromatic rings. The van der Waals surface area contributed by atoms with E-state index in [1.165, 1.54) is 12.4 Å². The Morgan fingerprint density at radius 1 is 1.36 bits per heavy atom. The van der Waals surface area contributed by atoms with Crippen LogP contribution in [0.1, 0.15) is 32.1 Å². The Labute approximate surface area is 133 Å². The number of sulfonamides is 1. The Morgan fingerprint density at radius 3 is 2.82 bits per heavy atom. The lowest BCUT2D eigenvalue weighted by molar-refractivity contribution is 0.00946. The van der Waals surface area contributed by atoms with Crippen LogP contribution in [0.25, 0.3) is 11.0 Å². The first-order chi connectivity index (χ1) is 10.4. The standard InChI is InChI=1S/C14H18ClN3O3S/c15-10-4-7-16-13-12(10)11(8-17-13)22(20,21)18-9-14(19)5-2-1-3-6-14/h4,7-8,18-19H,1-3,5-6,9H2,(H,16,17). The van der Waals surface area contributed by atoms with Gasteiger partial charge in [0.1, 0.15) is 10.5 Å². The number of pyridine rings is 1. The minimum atomic E-state index is -3.77. The summed E-state index contributed by atoms with van der Waals surface area (Å²) in [7, 11) is -3.77. The zero-order valence-corrected chi connectivity index (χ0v) is 13.5. The van der Waals surface area contributed by atoms with Crippen molar-refractivity contribution in [3.05, 3.63) is 23.5 Å². The van der Waals surface area contributed by atoms with Crippen molar-refractivity contribution in [2.75, 3.05) is 6.54 Å². The van der Waals surface area contributed by atoms with Crippen LogP contribution in [0.15, 0.2) is 23.4 Å². The van der Waals surface area contributed by atoms with E-state index in [1.807, 2.05) is 0 Å².